The Morgan fingerprint density at radius 2 is 2.19 bits per heavy atom. The van der Waals surface area contributed by atoms with Gasteiger partial charge in [0.2, 0.25) is 0 Å². The number of aromatic nitrogens is 1. The van der Waals surface area contributed by atoms with E-state index >= 15 is 0 Å². The van der Waals surface area contributed by atoms with Gasteiger partial charge in [0.15, 0.2) is 0 Å². The summed E-state index contributed by atoms with van der Waals surface area (Å²) in [5.41, 5.74) is 7.35. The quantitative estimate of drug-likeness (QED) is 0.939. The number of hydrogen-bond donors (Lipinski definition) is 1. The average Bonchev–Trinajstić information content (AvgIpc) is 2.28. The third-order valence-electron chi connectivity index (χ3n) is 2.14. The SMILES string of the molecule is Nc1cnccc1COc1cccc(Br)c1. The Morgan fingerprint density at radius 3 is 2.94 bits per heavy atom. The molecule has 0 spiro atoms. The molecule has 3 nitrogen and oxygen atoms in total. The first-order chi connectivity index (χ1) is 7.75. The first-order valence-electron chi connectivity index (χ1n) is 4.82. The fraction of sp³-hybridized carbons (Fsp3) is 0.0833. The molecule has 1 aromatic carbocycles. The summed E-state index contributed by atoms with van der Waals surface area (Å²) in [7, 11) is 0. The van der Waals surface area contributed by atoms with Crippen LogP contribution in [-0.4, -0.2) is 4.98 Å². The summed E-state index contributed by atoms with van der Waals surface area (Å²) in [6.45, 7) is 0.449. The molecule has 0 atom stereocenters. The van der Waals surface area contributed by atoms with E-state index in [1.165, 1.54) is 0 Å². The minimum atomic E-state index is 0.449. The van der Waals surface area contributed by atoms with Crippen molar-refractivity contribution in [1.82, 2.24) is 4.98 Å². The van der Waals surface area contributed by atoms with E-state index in [-0.39, 0.29) is 0 Å². The van der Waals surface area contributed by atoms with Crippen molar-refractivity contribution < 1.29 is 4.74 Å². The van der Waals surface area contributed by atoms with E-state index in [9.17, 15) is 0 Å². The number of nitrogens with two attached hydrogens (primary N) is 1. The zero-order valence-corrected chi connectivity index (χ0v) is 10.1. The smallest absolute Gasteiger partial charge is 0.120 e. The molecule has 1 heterocycles. The molecule has 2 aromatic rings. The first kappa shape index (κ1) is 11.0. The monoisotopic (exact) mass is 278 g/mol. The lowest BCUT2D eigenvalue weighted by atomic mass is 10.2. The Bertz CT molecular complexity index is 488. The van der Waals surface area contributed by atoms with Crippen molar-refractivity contribution in [2.45, 2.75) is 6.61 Å². The van der Waals surface area contributed by atoms with Crippen LogP contribution in [0.4, 0.5) is 5.69 Å². The highest BCUT2D eigenvalue weighted by Gasteiger charge is 2.00. The molecule has 0 saturated carbocycles. The van der Waals surface area contributed by atoms with Crippen LogP contribution in [0.15, 0.2) is 47.2 Å². The zero-order chi connectivity index (χ0) is 11.4. The summed E-state index contributed by atoms with van der Waals surface area (Å²) < 4.78 is 6.61. The second-order valence-electron chi connectivity index (χ2n) is 3.32. The van der Waals surface area contributed by atoms with Crippen molar-refractivity contribution >= 4 is 21.6 Å². The van der Waals surface area contributed by atoms with E-state index in [1.807, 2.05) is 30.3 Å². The van der Waals surface area contributed by atoms with Crippen molar-refractivity contribution in [2.75, 3.05) is 5.73 Å². The predicted octanol–water partition coefficient (Wildman–Crippen LogP) is 3.01. The van der Waals surface area contributed by atoms with Crippen LogP contribution in [0, 0.1) is 0 Å². The van der Waals surface area contributed by atoms with E-state index in [0.717, 1.165) is 15.8 Å². The maximum atomic E-state index is 5.76. The number of ether oxygens (including phenoxy) is 1. The summed E-state index contributed by atoms with van der Waals surface area (Å²) in [5.74, 6) is 0.811. The summed E-state index contributed by atoms with van der Waals surface area (Å²) in [6.07, 6.45) is 3.33. The second kappa shape index (κ2) is 4.99. The summed E-state index contributed by atoms with van der Waals surface area (Å²) in [5, 5.41) is 0. The topological polar surface area (TPSA) is 48.1 Å². The third kappa shape index (κ3) is 2.73. The molecule has 1 aromatic heterocycles. The fourth-order valence-corrected chi connectivity index (χ4v) is 1.66. The molecule has 4 heteroatoms. The average molecular weight is 279 g/mol. The molecule has 0 aliphatic carbocycles. The van der Waals surface area contributed by atoms with Crippen LogP contribution in [0.5, 0.6) is 5.75 Å². The number of pyridine rings is 1. The van der Waals surface area contributed by atoms with Gasteiger partial charge in [-0.1, -0.05) is 22.0 Å². The zero-order valence-electron chi connectivity index (χ0n) is 8.56. The third-order valence-corrected chi connectivity index (χ3v) is 2.63. The molecule has 0 saturated heterocycles. The van der Waals surface area contributed by atoms with Gasteiger partial charge in [0, 0.05) is 16.2 Å². The highest BCUT2D eigenvalue weighted by Crippen LogP contribution is 2.19. The number of halogens is 1. The molecule has 0 bridgehead atoms. The summed E-state index contributed by atoms with van der Waals surface area (Å²) >= 11 is 3.39. The van der Waals surface area contributed by atoms with E-state index in [4.69, 9.17) is 10.5 Å². The van der Waals surface area contributed by atoms with Gasteiger partial charge in [-0.2, -0.15) is 0 Å². The van der Waals surface area contributed by atoms with Crippen LogP contribution in [0.3, 0.4) is 0 Å². The molecule has 2 N–H and O–H groups in total. The standard InChI is InChI=1S/C12H11BrN2O/c13-10-2-1-3-11(6-10)16-8-9-4-5-15-7-12(9)14/h1-7H,8,14H2. The van der Waals surface area contributed by atoms with Gasteiger partial charge in [0.05, 0.1) is 11.9 Å². The highest BCUT2D eigenvalue weighted by molar-refractivity contribution is 9.10. The Labute approximate surface area is 102 Å². The highest BCUT2D eigenvalue weighted by atomic mass is 79.9. The molecule has 0 aliphatic heterocycles. The minimum Gasteiger partial charge on any atom is -0.489 e. The number of nitrogen functional groups attached to an aromatic ring is 1. The molecule has 82 valence electrons. The number of rotatable bonds is 3. The maximum absolute atomic E-state index is 5.76. The van der Waals surface area contributed by atoms with E-state index in [1.54, 1.807) is 12.4 Å². The van der Waals surface area contributed by atoms with Gasteiger partial charge in [0.25, 0.3) is 0 Å². The Hall–Kier alpha value is -1.55. The number of nitrogens with zero attached hydrogens (tertiary/aromatic N) is 1. The Balaban J connectivity index is 2.05. The number of hydrogen-bond acceptors (Lipinski definition) is 3. The lowest BCUT2D eigenvalue weighted by Gasteiger charge is -2.08. The molecule has 0 radical (unpaired) electrons. The van der Waals surface area contributed by atoms with Crippen molar-refractivity contribution in [3.05, 3.63) is 52.8 Å². The molecule has 16 heavy (non-hydrogen) atoms. The minimum absolute atomic E-state index is 0.449. The van der Waals surface area contributed by atoms with Gasteiger partial charge in [-0.15, -0.1) is 0 Å². The molecule has 0 unspecified atom stereocenters. The van der Waals surface area contributed by atoms with Crippen LogP contribution in [0.1, 0.15) is 5.56 Å². The van der Waals surface area contributed by atoms with Gasteiger partial charge < -0.3 is 10.5 Å². The van der Waals surface area contributed by atoms with E-state index in [2.05, 4.69) is 20.9 Å². The molecule has 0 fully saturated rings. The first-order valence-corrected chi connectivity index (χ1v) is 5.62. The van der Waals surface area contributed by atoms with Gasteiger partial charge in [-0.3, -0.25) is 4.98 Å². The molecular weight excluding hydrogens is 268 g/mol. The number of benzene rings is 1. The Morgan fingerprint density at radius 1 is 1.31 bits per heavy atom. The Kier molecular flexibility index (Phi) is 3.41. The van der Waals surface area contributed by atoms with Crippen molar-refractivity contribution in [1.29, 1.82) is 0 Å². The summed E-state index contributed by atoms with van der Waals surface area (Å²) in [4.78, 5) is 3.93. The van der Waals surface area contributed by atoms with Gasteiger partial charge in [-0.05, 0) is 24.3 Å². The lowest BCUT2D eigenvalue weighted by Crippen LogP contribution is -2.00. The molecule has 2 rings (SSSR count). The van der Waals surface area contributed by atoms with Crippen LogP contribution < -0.4 is 10.5 Å². The second-order valence-corrected chi connectivity index (χ2v) is 4.24. The van der Waals surface area contributed by atoms with E-state index in [0.29, 0.717) is 12.3 Å². The van der Waals surface area contributed by atoms with E-state index < -0.39 is 0 Å². The van der Waals surface area contributed by atoms with Crippen molar-refractivity contribution in [3.8, 4) is 5.75 Å². The number of anilines is 1. The summed E-state index contributed by atoms with van der Waals surface area (Å²) in [6, 6.07) is 9.55. The van der Waals surface area contributed by atoms with Crippen molar-refractivity contribution in [3.63, 3.8) is 0 Å². The van der Waals surface area contributed by atoms with Crippen molar-refractivity contribution in [2.24, 2.45) is 0 Å². The fourth-order valence-electron chi connectivity index (χ4n) is 1.28. The van der Waals surface area contributed by atoms with Crippen LogP contribution in [0.2, 0.25) is 0 Å². The van der Waals surface area contributed by atoms with Gasteiger partial charge in [0.1, 0.15) is 12.4 Å². The van der Waals surface area contributed by atoms with Gasteiger partial charge in [-0.25, -0.2) is 0 Å². The van der Waals surface area contributed by atoms with Crippen LogP contribution >= 0.6 is 15.9 Å². The van der Waals surface area contributed by atoms with Gasteiger partial charge >= 0.3 is 0 Å². The normalized spacial score (nSPS) is 10.1. The predicted molar refractivity (Wildman–Crippen MR) is 67.1 cm³/mol. The molecular formula is C12H11BrN2O. The van der Waals surface area contributed by atoms with Crippen LogP contribution in [0.25, 0.3) is 0 Å². The molecule has 0 amide bonds. The largest absolute Gasteiger partial charge is 0.489 e. The molecule has 0 aliphatic rings. The lowest BCUT2D eigenvalue weighted by molar-refractivity contribution is 0.306. The van der Waals surface area contributed by atoms with Crippen LogP contribution in [-0.2, 0) is 6.61 Å². The maximum Gasteiger partial charge on any atom is 0.120 e.